The fraction of sp³-hybridized carbons (Fsp3) is 0.714. The number of rotatable bonds is 6. The number of aromatic nitrogens is 2. The van der Waals surface area contributed by atoms with Crippen molar-refractivity contribution in [2.75, 3.05) is 6.54 Å². The van der Waals surface area contributed by atoms with Gasteiger partial charge in [-0.25, -0.2) is 0 Å². The van der Waals surface area contributed by atoms with Crippen molar-refractivity contribution in [2.45, 2.75) is 53.1 Å². The summed E-state index contributed by atoms with van der Waals surface area (Å²) in [6.45, 7) is 11.0. The van der Waals surface area contributed by atoms with Gasteiger partial charge >= 0.3 is 5.97 Å². The highest BCUT2D eigenvalue weighted by Crippen LogP contribution is 2.28. The molecule has 0 saturated heterocycles. The Kier molecular flexibility index (Phi) is 5.11. The van der Waals surface area contributed by atoms with Gasteiger partial charge in [-0.15, -0.1) is 0 Å². The zero-order valence-corrected chi connectivity index (χ0v) is 12.8. The van der Waals surface area contributed by atoms with Crippen LogP contribution in [-0.2, 0) is 11.8 Å². The van der Waals surface area contributed by atoms with E-state index in [1.165, 1.54) is 5.56 Å². The van der Waals surface area contributed by atoms with Crippen LogP contribution in [0.15, 0.2) is 0 Å². The van der Waals surface area contributed by atoms with Gasteiger partial charge in [0.1, 0.15) is 0 Å². The fourth-order valence-corrected chi connectivity index (χ4v) is 2.90. The van der Waals surface area contributed by atoms with E-state index in [0.717, 1.165) is 17.9 Å². The number of carbonyl (C=O) groups is 1. The van der Waals surface area contributed by atoms with Crippen LogP contribution in [0.25, 0.3) is 0 Å². The Morgan fingerprint density at radius 2 is 2.00 bits per heavy atom. The molecule has 19 heavy (non-hydrogen) atoms. The van der Waals surface area contributed by atoms with Crippen molar-refractivity contribution in [1.82, 2.24) is 14.7 Å². The van der Waals surface area contributed by atoms with Gasteiger partial charge in [0.2, 0.25) is 0 Å². The van der Waals surface area contributed by atoms with Crippen LogP contribution in [0, 0.1) is 13.8 Å². The lowest BCUT2D eigenvalue weighted by Gasteiger charge is -2.33. The molecule has 0 saturated carbocycles. The van der Waals surface area contributed by atoms with Gasteiger partial charge in [-0.05, 0) is 34.2 Å². The minimum atomic E-state index is -0.752. The van der Waals surface area contributed by atoms with Crippen molar-refractivity contribution in [3.63, 3.8) is 0 Å². The Morgan fingerprint density at radius 1 is 1.42 bits per heavy atom. The van der Waals surface area contributed by atoms with Crippen molar-refractivity contribution in [1.29, 1.82) is 0 Å². The van der Waals surface area contributed by atoms with Crippen LogP contribution in [0.3, 0.4) is 0 Å². The Hall–Kier alpha value is -1.36. The van der Waals surface area contributed by atoms with E-state index in [1.807, 2.05) is 25.6 Å². The number of hydrogen-bond acceptors (Lipinski definition) is 3. The molecule has 0 aliphatic rings. The van der Waals surface area contributed by atoms with Gasteiger partial charge in [0.15, 0.2) is 0 Å². The second-order valence-electron chi connectivity index (χ2n) is 5.16. The molecule has 1 heterocycles. The normalized spacial score (nSPS) is 14.7. The molecule has 1 aromatic rings. The van der Waals surface area contributed by atoms with E-state index in [0.29, 0.717) is 0 Å². The molecule has 0 aliphatic heterocycles. The van der Waals surface area contributed by atoms with Gasteiger partial charge in [-0.3, -0.25) is 14.4 Å². The standard InChI is InChI=1S/C14H25N3O2/c1-7-17(9(2)8-13(18)19)12(5)14-10(3)15-16(6)11(14)4/h9,12H,7-8H2,1-6H3,(H,18,19). The fourth-order valence-electron chi connectivity index (χ4n) is 2.90. The van der Waals surface area contributed by atoms with Crippen LogP contribution in [0.4, 0.5) is 0 Å². The topological polar surface area (TPSA) is 58.4 Å². The highest BCUT2D eigenvalue weighted by atomic mass is 16.4. The number of carboxylic acids is 1. The van der Waals surface area contributed by atoms with Crippen molar-refractivity contribution < 1.29 is 9.90 Å². The average molecular weight is 267 g/mol. The molecule has 0 aliphatic carbocycles. The molecule has 1 rings (SSSR count). The Morgan fingerprint density at radius 3 is 2.37 bits per heavy atom. The van der Waals surface area contributed by atoms with Crippen molar-refractivity contribution in [3.05, 3.63) is 17.0 Å². The highest BCUT2D eigenvalue weighted by molar-refractivity contribution is 5.67. The Balaban J connectivity index is 3.01. The lowest BCUT2D eigenvalue weighted by atomic mass is 10.0. The summed E-state index contributed by atoms with van der Waals surface area (Å²) in [4.78, 5) is 13.1. The smallest absolute Gasteiger partial charge is 0.304 e. The van der Waals surface area contributed by atoms with Gasteiger partial charge in [0.05, 0.1) is 12.1 Å². The zero-order valence-electron chi connectivity index (χ0n) is 12.8. The first kappa shape index (κ1) is 15.7. The van der Waals surface area contributed by atoms with Gasteiger partial charge in [-0.1, -0.05) is 6.92 Å². The molecular formula is C14H25N3O2. The van der Waals surface area contributed by atoms with Crippen molar-refractivity contribution in [3.8, 4) is 0 Å². The third-order valence-corrected chi connectivity index (χ3v) is 3.88. The molecule has 1 N–H and O–H groups in total. The molecule has 2 atom stereocenters. The summed E-state index contributed by atoms with van der Waals surface area (Å²) in [5.74, 6) is -0.752. The van der Waals surface area contributed by atoms with E-state index in [1.54, 1.807) is 0 Å². The average Bonchev–Trinajstić information content (AvgIpc) is 2.52. The van der Waals surface area contributed by atoms with Crippen LogP contribution >= 0.6 is 0 Å². The van der Waals surface area contributed by atoms with Crippen LogP contribution in [0.5, 0.6) is 0 Å². The van der Waals surface area contributed by atoms with E-state index in [9.17, 15) is 4.79 Å². The predicted octanol–water partition coefficient (Wildman–Crippen LogP) is 2.28. The lowest BCUT2D eigenvalue weighted by Crippen LogP contribution is -2.37. The second-order valence-corrected chi connectivity index (χ2v) is 5.16. The third kappa shape index (κ3) is 3.35. The molecular weight excluding hydrogens is 242 g/mol. The molecule has 0 fully saturated rings. The maximum atomic E-state index is 10.9. The summed E-state index contributed by atoms with van der Waals surface area (Å²) >= 11 is 0. The molecule has 0 radical (unpaired) electrons. The molecule has 0 aromatic carbocycles. The number of aryl methyl sites for hydroxylation is 2. The molecule has 5 nitrogen and oxygen atoms in total. The molecule has 2 unspecified atom stereocenters. The van der Waals surface area contributed by atoms with Crippen molar-refractivity contribution >= 4 is 5.97 Å². The Labute approximate surface area is 115 Å². The Bertz CT molecular complexity index is 454. The first-order valence-corrected chi connectivity index (χ1v) is 6.77. The summed E-state index contributed by atoms with van der Waals surface area (Å²) in [7, 11) is 1.94. The summed E-state index contributed by atoms with van der Waals surface area (Å²) in [6, 6.07) is 0.185. The molecule has 0 amide bonds. The maximum absolute atomic E-state index is 10.9. The predicted molar refractivity (Wildman–Crippen MR) is 75.2 cm³/mol. The highest BCUT2D eigenvalue weighted by Gasteiger charge is 2.25. The van der Waals surface area contributed by atoms with Crippen molar-refractivity contribution in [2.24, 2.45) is 7.05 Å². The van der Waals surface area contributed by atoms with Gasteiger partial charge in [0.25, 0.3) is 0 Å². The second kappa shape index (κ2) is 6.19. The number of hydrogen-bond donors (Lipinski definition) is 1. The summed E-state index contributed by atoms with van der Waals surface area (Å²) < 4.78 is 1.89. The first-order valence-electron chi connectivity index (χ1n) is 6.77. The number of carboxylic acid groups (broad SMARTS) is 1. The van der Waals surface area contributed by atoms with Crippen LogP contribution < -0.4 is 0 Å². The minimum absolute atomic E-state index is 0.0107. The molecule has 1 aromatic heterocycles. The summed E-state index contributed by atoms with van der Waals surface area (Å²) in [5, 5.41) is 13.4. The first-order chi connectivity index (χ1) is 8.79. The molecule has 5 heteroatoms. The summed E-state index contributed by atoms with van der Waals surface area (Å²) in [6.07, 6.45) is 0.163. The van der Waals surface area contributed by atoms with Gasteiger partial charge in [-0.2, -0.15) is 5.10 Å². The van der Waals surface area contributed by atoms with Gasteiger partial charge < -0.3 is 5.11 Å². The van der Waals surface area contributed by atoms with Crippen LogP contribution in [-0.4, -0.2) is 38.3 Å². The quantitative estimate of drug-likeness (QED) is 0.859. The lowest BCUT2D eigenvalue weighted by molar-refractivity contribution is -0.138. The largest absolute Gasteiger partial charge is 0.481 e. The summed E-state index contributed by atoms with van der Waals surface area (Å²) in [5.41, 5.74) is 3.38. The van der Waals surface area contributed by atoms with E-state index in [2.05, 4.69) is 30.8 Å². The van der Waals surface area contributed by atoms with Crippen LogP contribution in [0.2, 0.25) is 0 Å². The number of aliphatic carboxylic acids is 1. The van der Waals surface area contributed by atoms with E-state index >= 15 is 0 Å². The maximum Gasteiger partial charge on any atom is 0.304 e. The van der Waals surface area contributed by atoms with E-state index in [4.69, 9.17) is 5.11 Å². The molecule has 0 spiro atoms. The molecule has 108 valence electrons. The van der Waals surface area contributed by atoms with Gasteiger partial charge in [0, 0.05) is 30.4 Å². The monoisotopic (exact) mass is 267 g/mol. The zero-order chi connectivity index (χ0) is 14.7. The third-order valence-electron chi connectivity index (χ3n) is 3.88. The van der Waals surface area contributed by atoms with Crippen LogP contribution in [0.1, 0.15) is 50.2 Å². The minimum Gasteiger partial charge on any atom is -0.481 e. The van der Waals surface area contributed by atoms with E-state index in [-0.39, 0.29) is 18.5 Å². The number of nitrogens with zero attached hydrogens (tertiary/aromatic N) is 3. The molecule has 0 bridgehead atoms. The SMILES string of the molecule is CCN(C(C)CC(=O)O)C(C)c1c(C)nn(C)c1C. The van der Waals surface area contributed by atoms with E-state index < -0.39 is 5.97 Å².